The van der Waals surface area contributed by atoms with Crippen LogP contribution in [0.1, 0.15) is 40.5 Å². The maximum Gasteiger partial charge on any atom is 0.498 e. The van der Waals surface area contributed by atoms with Crippen LogP contribution in [0.2, 0.25) is 0 Å². The summed E-state index contributed by atoms with van der Waals surface area (Å²) in [4.78, 5) is 10.5. The number of nitrogens with two attached hydrogens (primary N) is 1. The molecule has 0 aromatic carbocycles. The van der Waals surface area contributed by atoms with E-state index in [0.29, 0.717) is 12.0 Å². The highest BCUT2D eigenvalue weighted by Crippen LogP contribution is 2.36. The van der Waals surface area contributed by atoms with Crippen molar-refractivity contribution in [3.05, 3.63) is 12.4 Å². The molecular weight excluding hydrogens is 379 g/mol. The van der Waals surface area contributed by atoms with Gasteiger partial charge >= 0.3 is 7.12 Å². The second kappa shape index (κ2) is 7.99. The highest BCUT2D eigenvalue weighted by molar-refractivity contribution is 7.91. The summed E-state index contributed by atoms with van der Waals surface area (Å²) in [5.74, 6) is 0.213. The first-order valence-corrected chi connectivity index (χ1v) is 11.5. The summed E-state index contributed by atoms with van der Waals surface area (Å²) in [5.41, 5.74) is 5.26. The molecule has 28 heavy (non-hydrogen) atoms. The normalized spacial score (nSPS) is 23.2. The summed E-state index contributed by atoms with van der Waals surface area (Å²) in [6, 6.07) is 0. The van der Waals surface area contributed by atoms with E-state index in [1.54, 1.807) is 0 Å². The fraction of sp³-hybridized carbons (Fsp3) is 0.778. The third-order valence-corrected chi connectivity index (χ3v) is 7.74. The van der Waals surface area contributed by atoms with Crippen LogP contribution in [0.4, 0.5) is 0 Å². The van der Waals surface area contributed by atoms with E-state index >= 15 is 0 Å². The summed E-state index contributed by atoms with van der Waals surface area (Å²) in [6.07, 6.45) is 4.69. The van der Waals surface area contributed by atoms with Gasteiger partial charge in [-0.15, -0.1) is 0 Å². The minimum absolute atomic E-state index is 0.0826. The molecule has 0 amide bonds. The van der Waals surface area contributed by atoms with Crippen molar-refractivity contribution in [3.8, 4) is 0 Å². The molecule has 10 heteroatoms. The van der Waals surface area contributed by atoms with Crippen molar-refractivity contribution in [1.29, 1.82) is 0 Å². The number of hydrogen-bond donors (Lipinski definition) is 1. The van der Waals surface area contributed by atoms with E-state index in [9.17, 15) is 8.42 Å². The van der Waals surface area contributed by atoms with Crippen LogP contribution in [0.25, 0.3) is 0 Å². The van der Waals surface area contributed by atoms with Crippen LogP contribution < -0.4 is 11.2 Å². The van der Waals surface area contributed by atoms with Gasteiger partial charge in [0.1, 0.15) is 0 Å². The number of aromatic nitrogens is 2. The van der Waals surface area contributed by atoms with Crippen molar-refractivity contribution in [1.82, 2.24) is 14.9 Å². The first kappa shape index (κ1) is 21.6. The SMILES string of the molecule is CC1(C)OB(c2cnc(S(=O)(=O)CC3CCN(CCN)CC3)nc2)OC1(C)C. The first-order valence-electron chi connectivity index (χ1n) is 9.87. The lowest BCUT2D eigenvalue weighted by atomic mass is 9.81. The monoisotopic (exact) mass is 410 g/mol. The van der Waals surface area contributed by atoms with Gasteiger partial charge in [-0.25, -0.2) is 18.4 Å². The topological polar surface area (TPSA) is 108 Å². The second-order valence-corrected chi connectivity index (χ2v) is 10.7. The van der Waals surface area contributed by atoms with Crippen molar-refractivity contribution in [2.45, 2.75) is 56.9 Å². The van der Waals surface area contributed by atoms with Crippen LogP contribution in [0, 0.1) is 5.92 Å². The molecule has 8 nitrogen and oxygen atoms in total. The average molecular weight is 410 g/mol. The Hall–Kier alpha value is -1.07. The molecular formula is C18H31BN4O4S. The summed E-state index contributed by atoms with van der Waals surface area (Å²) in [6.45, 7) is 11.1. The van der Waals surface area contributed by atoms with Gasteiger partial charge in [-0.3, -0.25) is 0 Å². The number of rotatable bonds is 6. The Morgan fingerprint density at radius 1 is 1.14 bits per heavy atom. The molecule has 3 heterocycles. The minimum atomic E-state index is -3.52. The molecule has 3 rings (SSSR count). The highest BCUT2D eigenvalue weighted by Gasteiger charge is 2.52. The number of nitrogens with zero attached hydrogens (tertiary/aromatic N) is 3. The fourth-order valence-corrected chi connectivity index (χ4v) is 5.06. The molecule has 2 fully saturated rings. The van der Waals surface area contributed by atoms with Crippen molar-refractivity contribution in [3.63, 3.8) is 0 Å². The Balaban J connectivity index is 1.63. The van der Waals surface area contributed by atoms with E-state index in [2.05, 4.69) is 14.9 Å². The molecule has 2 saturated heterocycles. The molecule has 1 aromatic rings. The molecule has 2 aliphatic rings. The molecule has 2 aliphatic heterocycles. The fourth-order valence-electron chi connectivity index (χ4n) is 3.53. The summed E-state index contributed by atoms with van der Waals surface area (Å²) >= 11 is 0. The third kappa shape index (κ3) is 4.57. The molecule has 0 unspecified atom stereocenters. The van der Waals surface area contributed by atoms with Crippen molar-refractivity contribution < 1.29 is 17.7 Å². The number of sulfone groups is 1. The van der Waals surface area contributed by atoms with E-state index in [4.69, 9.17) is 15.0 Å². The van der Waals surface area contributed by atoms with Crippen LogP contribution >= 0.6 is 0 Å². The van der Waals surface area contributed by atoms with E-state index < -0.39 is 28.2 Å². The maximum absolute atomic E-state index is 12.7. The van der Waals surface area contributed by atoms with Gasteiger partial charge < -0.3 is 19.9 Å². The minimum Gasteiger partial charge on any atom is -0.399 e. The molecule has 0 saturated carbocycles. The Labute approximate surface area is 168 Å². The lowest BCUT2D eigenvalue weighted by Gasteiger charge is -2.32. The van der Waals surface area contributed by atoms with Gasteiger partial charge in [0.15, 0.2) is 0 Å². The smallest absolute Gasteiger partial charge is 0.399 e. The van der Waals surface area contributed by atoms with Gasteiger partial charge in [-0.2, -0.15) is 0 Å². The quantitative estimate of drug-likeness (QED) is 0.524. The van der Waals surface area contributed by atoms with Crippen LogP contribution in [-0.4, -0.2) is 73.5 Å². The van der Waals surface area contributed by atoms with Gasteiger partial charge in [0.05, 0.1) is 17.0 Å². The lowest BCUT2D eigenvalue weighted by Crippen LogP contribution is -2.41. The molecule has 0 radical (unpaired) electrons. The second-order valence-electron chi connectivity index (χ2n) is 8.74. The van der Waals surface area contributed by atoms with Crippen molar-refractivity contribution >= 4 is 22.4 Å². The lowest BCUT2D eigenvalue weighted by molar-refractivity contribution is 0.00578. The number of piperidine rings is 1. The van der Waals surface area contributed by atoms with Gasteiger partial charge in [0, 0.05) is 30.9 Å². The predicted molar refractivity (Wildman–Crippen MR) is 108 cm³/mol. The Kier molecular flexibility index (Phi) is 6.17. The molecule has 2 N–H and O–H groups in total. The molecule has 0 aliphatic carbocycles. The summed E-state index contributed by atoms with van der Waals surface area (Å²) < 4.78 is 37.4. The Morgan fingerprint density at radius 2 is 1.68 bits per heavy atom. The highest BCUT2D eigenvalue weighted by atomic mass is 32.2. The first-order chi connectivity index (χ1) is 13.0. The zero-order valence-corrected chi connectivity index (χ0v) is 18.0. The van der Waals surface area contributed by atoms with Crippen LogP contribution in [0.3, 0.4) is 0 Å². The summed E-state index contributed by atoms with van der Waals surface area (Å²) in [7, 11) is -4.13. The molecule has 0 atom stereocenters. The van der Waals surface area contributed by atoms with Crippen molar-refractivity contribution in [2.75, 3.05) is 31.9 Å². The van der Waals surface area contributed by atoms with E-state index in [1.807, 2.05) is 27.7 Å². The van der Waals surface area contributed by atoms with Crippen LogP contribution in [0.5, 0.6) is 0 Å². The number of hydrogen-bond acceptors (Lipinski definition) is 8. The Bertz CT molecular complexity index is 761. The van der Waals surface area contributed by atoms with Gasteiger partial charge in [0.25, 0.3) is 0 Å². The number of likely N-dealkylation sites (tertiary alicyclic amines) is 1. The van der Waals surface area contributed by atoms with E-state index in [-0.39, 0.29) is 16.8 Å². The molecule has 0 bridgehead atoms. The van der Waals surface area contributed by atoms with E-state index in [0.717, 1.165) is 32.5 Å². The van der Waals surface area contributed by atoms with E-state index in [1.165, 1.54) is 12.4 Å². The zero-order chi connectivity index (χ0) is 20.6. The largest absolute Gasteiger partial charge is 0.498 e. The van der Waals surface area contributed by atoms with Crippen molar-refractivity contribution in [2.24, 2.45) is 11.7 Å². The Morgan fingerprint density at radius 3 is 2.18 bits per heavy atom. The predicted octanol–water partition coefficient (Wildman–Crippen LogP) is 0.220. The summed E-state index contributed by atoms with van der Waals surface area (Å²) in [5, 5.41) is -0.128. The maximum atomic E-state index is 12.7. The zero-order valence-electron chi connectivity index (χ0n) is 17.2. The molecule has 156 valence electrons. The van der Waals surface area contributed by atoms with Gasteiger partial charge in [0.2, 0.25) is 15.0 Å². The van der Waals surface area contributed by atoms with Crippen LogP contribution in [0.15, 0.2) is 17.6 Å². The van der Waals surface area contributed by atoms with Gasteiger partial charge in [-0.1, -0.05) is 0 Å². The average Bonchev–Trinajstić information content (AvgIpc) is 2.84. The molecule has 1 aromatic heterocycles. The standard InChI is InChI=1S/C18H31BN4O4S/c1-17(2)18(3,4)27-19(26-17)15-11-21-16(22-12-15)28(24,25)13-14-5-8-23(9-6-14)10-7-20/h11-12,14H,5-10,13,20H2,1-4H3. The molecule has 0 spiro atoms. The van der Waals surface area contributed by atoms with Gasteiger partial charge in [-0.05, 0) is 59.5 Å². The van der Waals surface area contributed by atoms with Crippen LogP contribution in [-0.2, 0) is 19.1 Å². The third-order valence-electron chi connectivity index (χ3n) is 6.06.